The summed E-state index contributed by atoms with van der Waals surface area (Å²) in [4.78, 5) is 37.4. The van der Waals surface area contributed by atoms with Crippen LogP contribution in [0.5, 0.6) is 0 Å². The number of hydrogen-bond donors (Lipinski definition) is 2. The van der Waals surface area contributed by atoms with Crippen molar-refractivity contribution < 1.29 is 19.6 Å². The van der Waals surface area contributed by atoms with Crippen molar-refractivity contribution >= 4 is 30.0 Å². The zero-order valence-corrected chi connectivity index (χ0v) is 17.7. The van der Waals surface area contributed by atoms with Crippen LogP contribution in [0.1, 0.15) is 31.7 Å². The first-order valence-electron chi connectivity index (χ1n) is 9.43. The molecule has 1 rings (SSSR count). The van der Waals surface area contributed by atoms with Crippen molar-refractivity contribution in [2.45, 2.75) is 38.0 Å². The maximum Gasteiger partial charge on any atom is 0.245 e. The normalized spacial score (nSPS) is 12.7. The average molecular weight is 410 g/mol. The second-order valence-corrected chi connectivity index (χ2v) is 7.89. The Bertz CT molecular complexity index is 613. The second kappa shape index (κ2) is 13.2. The fourth-order valence-corrected chi connectivity index (χ4v) is 3.68. The number of amides is 3. The lowest BCUT2D eigenvalue weighted by Gasteiger charge is -2.25. The maximum atomic E-state index is 12.7. The molecule has 0 saturated heterocycles. The Balaban J connectivity index is 2.74. The quantitative estimate of drug-likeness (QED) is 0.296. The van der Waals surface area contributed by atoms with Gasteiger partial charge in [-0.1, -0.05) is 50.1 Å². The molecule has 156 valence electrons. The highest BCUT2D eigenvalue weighted by Gasteiger charge is 2.27. The molecule has 7 nitrogen and oxygen atoms in total. The van der Waals surface area contributed by atoms with Crippen molar-refractivity contribution in [2.75, 3.05) is 26.4 Å². The van der Waals surface area contributed by atoms with E-state index < -0.39 is 12.0 Å². The van der Waals surface area contributed by atoms with Gasteiger partial charge in [-0.25, -0.2) is 5.06 Å². The summed E-state index contributed by atoms with van der Waals surface area (Å²) < 4.78 is 0. The molecule has 1 aromatic rings. The molecule has 1 aromatic carbocycles. The van der Waals surface area contributed by atoms with Crippen molar-refractivity contribution in [3.05, 3.63) is 35.9 Å². The van der Waals surface area contributed by atoms with Crippen molar-refractivity contribution in [3.63, 3.8) is 0 Å². The Morgan fingerprint density at radius 1 is 1.25 bits per heavy atom. The van der Waals surface area contributed by atoms with E-state index in [1.54, 1.807) is 25.9 Å². The SMILES string of the molecule is CCCC[C@H](CN(O)C=O)C(=O)N[C@@H](CSCc1ccccc1)C(=O)N(C)C. The minimum absolute atomic E-state index is 0.0879. The Labute approximate surface area is 171 Å². The van der Waals surface area contributed by atoms with Gasteiger partial charge in [0.15, 0.2) is 0 Å². The van der Waals surface area contributed by atoms with Crippen molar-refractivity contribution in [2.24, 2.45) is 5.92 Å². The summed E-state index contributed by atoms with van der Waals surface area (Å²) in [5.41, 5.74) is 1.15. The number of benzene rings is 1. The number of likely N-dealkylation sites (N-methyl/N-ethyl adjacent to an activating group) is 1. The van der Waals surface area contributed by atoms with Gasteiger partial charge in [0.2, 0.25) is 18.2 Å². The number of nitrogens with zero attached hydrogens (tertiary/aromatic N) is 2. The summed E-state index contributed by atoms with van der Waals surface area (Å²) in [5, 5.41) is 12.8. The van der Waals surface area contributed by atoms with Crippen LogP contribution in [-0.2, 0) is 20.1 Å². The third-order valence-corrected chi connectivity index (χ3v) is 5.36. The highest BCUT2D eigenvalue weighted by Crippen LogP contribution is 2.15. The molecule has 0 aromatic heterocycles. The lowest BCUT2D eigenvalue weighted by Crippen LogP contribution is -2.50. The molecule has 2 N–H and O–H groups in total. The van der Waals surface area contributed by atoms with Crippen LogP contribution in [0.2, 0.25) is 0 Å². The molecular formula is C20H31N3O4S. The molecule has 8 heteroatoms. The van der Waals surface area contributed by atoms with Crippen LogP contribution in [0, 0.1) is 5.92 Å². The van der Waals surface area contributed by atoms with E-state index in [-0.39, 0.29) is 24.8 Å². The standard InChI is InChI=1S/C20H31N3O4S/c1-4-5-11-17(12-23(27)15-24)19(25)21-18(20(26)22(2)3)14-28-13-16-9-7-6-8-10-16/h6-10,15,17-18,27H,4-5,11-14H2,1-3H3,(H,21,25)/t17-,18+/m1/s1. The molecular weight excluding hydrogens is 378 g/mol. The van der Waals surface area contributed by atoms with Crippen LogP contribution in [-0.4, -0.2) is 65.8 Å². The van der Waals surface area contributed by atoms with Gasteiger partial charge in [-0.15, -0.1) is 0 Å². The molecule has 0 spiro atoms. The fourth-order valence-electron chi connectivity index (χ4n) is 2.67. The van der Waals surface area contributed by atoms with Crippen molar-refractivity contribution in [1.82, 2.24) is 15.3 Å². The molecule has 0 unspecified atom stereocenters. The minimum atomic E-state index is -0.663. The predicted octanol–water partition coefficient (Wildman–Crippen LogP) is 2.15. The topological polar surface area (TPSA) is 90.0 Å². The van der Waals surface area contributed by atoms with Crippen LogP contribution >= 0.6 is 11.8 Å². The van der Waals surface area contributed by atoms with E-state index in [1.165, 1.54) is 4.90 Å². The lowest BCUT2D eigenvalue weighted by molar-refractivity contribution is -0.155. The van der Waals surface area contributed by atoms with Crippen LogP contribution in [0.3, 0.4) is 0 Å². The smallest absolute Gasteiger partial charge is 0.245 e. The Kier molecular flexibility index (Phi) is 11.3. The van der Waals surface area contributed by atoms with Gasteiger partial charge in [-0.05, 0) is 12.0 Å². The van der Waals surface area contributed by atoms with Crippen LogP contribution in [0.15, 0.2) is 30.3 Å². The van der Waals surface area contributed by atoms with Crippen molar-refractivity contribution in [3.8, 4) is 0 Å². The molecule has 0 bridgehead atoms. The number of hydrogen-bond acceptors (Lipinski definition) is 5. The largest absolute Gasteiger partial charge is 0.347 e. The molecule has 0 aliphatic heterocycles. The molecule has 3 amide bonds. The number of rotatable bonds is 13. The Hall–Kier alpha value is -2.06. The number of carbonyl (C=O) groups excluding carboxylic acids is 3. The van der Waals surface area contributed by atoms with E-state index in [1.807, 2.05) is 37.3 Å². The maximum absolute atomic E-state index is 12.7. The van der Waals surface area contributed by atoms with E-state index in [4.69, 9.17) is 0 Å². The summed E-state index contributed by atoms with van der Waals surface area (Å²) in [7, 11) is 3.31. The van der Waals surface area contributed by atoms with Gasteiger partial charge in [0.1, 0.15) is 6.04 Å². The molecule has 0 radical (unpaired) electrons. The minimum Gasteiger partial charge on any atom is -0.347 e. The molecule has 0 aliphatic carbocycles. The van der Waals surface area contributed by atoms with Gasteiger partial charge in [-0.3, -0.25) is 19.6 Å². The van der Waals surface area contributed by atoms with Gasteiger partial charge in [-0.2, -0.15) is 11.8 Å². The highest BCUT2D eigenvalue weighted by molar-refractivity contribution is 7.98. The molecule has 0 saturated carbocycles. The molecule has 0 fully saturated rings. The van der Waals surface area contributed by atoms with E-state index in [2.05, 4.69) is 5.32 Å². The number of hydroxylamine groups is 2. The zero-order valence-electron chi connectivity index (χ0n) is 16.8. The fraction of sp³-hybridized carbons (Fsp3) is 0.550. The van der Waals surface area contributed by atoms with Gasteiger partial charge in [0.25, 0.3) is 0 Å². The van der Waals surface area contributed by atoms with Crippen LogP contribution in [0.25, 0.3) is 0 Å². The van der Waals surface area contributed by atoms with Crippen LogP contribution < -0.4 is 5.32 Å². The Morgan fingerprint density at radius 2 is 1.93 bits per heavy atom. The first-order valence-corrected chi connectivity index (χ1v) is 10.6. The summed E-state index contributed by atoms with van der Waals surface area (Å²) in [5.74, 6) is 0.109. The number of carbonyl (C=O) groups is 3. The average Bonchev–Trinajstić information content (AvgIpc) is 2.70. The summed E-state index contributed by atoms with van der Waals surface area (Å²) in [6, 6.07) is 9.25. The predicted molar refractivity (Wildman–Crippen MR) is 111 cm³/mol. The molecule has 0 heterocycles. The van der Waals surface area contributed by atoms with E-state index in [0.717, 1.165) is 24.2 Å². The third kappa shape index (κ3) is 8.75. The first-order chi connectivity index (χ1) is 13.4. The van der Waals surface area contributed by atoms with Gasteiger partial charge in [0.05, 0.1) is 12.5 Å². The zero-order chi connectivity index (χ0) is 20.9. The summed E-state index contributed by atoms with van der Waals surface area (Å²) >= 11 is 1.57. The molecule has 28 heavy (non-hydrogen) atoms. The lowest BCUT2D eigenvalue weighted by atomic mass is 10.0. The summed E-state index contributed by atoms with van der Waals surface area (Å²) in [6.07, 6.45) is 2.50. The van der Waals surface area contributed by atoms with Crippen molar-refractivity contribution in [1.29, 1.82) is 0 Å². The Morgan fingerprint density at radius 3 is 2.50 bits per heavy atom. The van der Waals surface area contributed by atoms with E-state index in [9.17, 15) is 19.6 Å². The number of unbranched alkanes of at least 4 members (excludes halogenated alkanes) is 1. The van der Waals surface area contributed by atoms with E-state index in [0.29, 0.717) is 17.2 Å². The third-order valence-electron chi connectivity index (χ3n) is 4.26. The summed E-state index contributed by atoms with van der Waals surface area (Å²) in [6.45, 7) is 1.92. The van der Waals surface area contributed by atoms with E-state index >= 15 is 0 Å². The van der Waals surface area contributed by atoms with Crippen LogP contribution in [0.4, 0.5) is 0 Å². The van der Waals surface area contributed by atoms with Gasteiger partial charge < -0.3 is 10.2 Å². The first kappa shape index (κ1) is 24.0. The number of thioether (sulfide) groups is 1. The second-order valence-electron chi connectivity index (χ2n) is 6.86. The van der Waals surface area contributed by atoms with Gasteiger partial charge >= 0.3 is 0 Å². The highest BCUT2D eigenvalue weighted by atomic mass is 32.2. The monoisotopic (exact) mass is 409 g/mol. The molecule has 0 aliphatic rings. The number of nitrogens with one attached hydrogen (secondary N) is 1. The molecule has 2 atom stereocenters. The van der Waals surface area contributed by atoms with Gasteiger partial charge in [0, 0.05) is 25.6 Å².